The summed E-state index contributed by atoms with van der Waals surface area (Å²) in [6.07, 6.45) is 2.61. The number of nitrogens with one attached hydrogen (secondary N) is 2. The number of aryl methyl sites for hydroxylation is 1. The van der Waals surface area contributed by atoms with Gasteiger partial charge in [-0.2, -0.15) is 0 Å². The minimum Gasteiger partial charge on any atom is -0.337 e. The van der Waals surface area contributed by atoms with Crippen molar-refractivity contribution in [2.45, 2.75) is 39.2 Å². The quantitative estimate of drug-likeness (QED) is 0.855. The van der Waals surface area contributed by atoms with Crippen LogP contribution in [0.15, 0.2) is 17.0 Å². The maximum atomic E-state index is 12.0. The van der Waals surface area contributed by atoms with Gasteiger partial charge in [0.2, 0.25) is 0 Å². The van der Waals surface area contributed by atoms with Gasteiger partial charge in [-0.05, 0) is 13.3 Å². The third-order valence-electron chi connectivity index (χ3n) is 3.09. The van der Waals surface area contributed by atoms with E-state index in [0.29, 0.717) is 6.54 Å². The van der Waals surface area contributed by atoms with Gasteiger partial charge in [-0.25, -0.2) is 14.8 Å². The molecule has 0 unspecified atom stereocenters. The van der Waals surface area contributed by atoms with Crippen molar-refractivity contribution in [3.05, 3.63) is 32.7 Å². The average molecular weight is 324 g/mol. The summed E-state index contributed by atoms with van der Waals surface area (Å²) in [5.74, 6) is 0.220. The molecule has 2 amide bonds. The van der Waals surface area contributed by atoms with Gasteiger partial charge in [-0.1, -0.05) is 13.8 Å². The Balaban J connectivity index is 1.83. The van der Waals surface area contributed by atoms with E-state index in [2.05, 4.69) is 27.5 Å². The zero-order chi connectivity index (χ0) is 15.2. The third kappa shape index (κ3) is 4.50. The number of aromatic nitrogens is 2. The fourth-order valence-electron chi connectivity index (χ4n) is 1.89. The average Bonchev–Trinajstić information content (AvgIpc) is 3.13. The number of hydrogen-bond donors (Lipinski definition) is 2. The van der Waals surface area contributed by atoms with Crippen molar-refractivity contribution in [1.82, 2.24) is 20.6 Å². The monoisotopic (exact) mass is 324 g/mol. The van der Waals surface area contributed by atoms with Crippen LogP contribution in [-0.2, 0) is 0 Å². The highest BCUT2D eigenvalue weighted by Crippen LogP contribution is 2.21. The van der Waals surface area contributed by atoms with Crippen molar-refractivity contribution in [2.24, 2.45) is 0 Å². The van der Waals surface area contributed by atoms with E-state index in [1.54, 1.807) is 28.9 Å². The Morgan fingerprint density at radius 3 is 2.76 bits per heavy atom. The molecule has 0 fully saturated rings. The number of thiazole rings is 2. The summed E-state index contributed by atoms with van der Waals surface area (Å²) in [5, 5.41) is 11.8. The summed E-state index contributed by atoms with van der Waals surface area (Å²) in [5.41, 5.74) is 0.994. The lowest BCUT2D eigenvalue weighted by molar-refractivity contribution is 0.236. The second kappa shape index (κ2) is 7.51. The van der Waals surface area contributed by atoms with Gasteiger partial charge in [0.1, 0.15) is 5.01 Å². The fourth-order valence-corrected chi connectivity index (χ4v) is 3.52. The second-order valence-corrected chi connectivity index (χ2v) is 6.73. The number of amides is 2. The predicted molar refractivity (Wildman–Crippen MR) is 86.9 cm³/mol. The first-order valence-corrected chi connectivity index (χ1v) is 8.71. The zero-order valence-corrected chi connectivity index (χ0v) is 14.1. The highest BCUT2D eigenvalue weighted by molar-refractivity contribution is 7.10. The summed E-state index contributed by atoms with van der Waals surface area (Å²) >= 11 is 3.19. The molecule has 0 aliphatic carbocycles. The van der Waals surface area contributed by atoms with Crippen LogP contribution >= 0.6 is 22.7 Å². The van der Waals surface area contributed by atoms with E-state index in [-0.39, 0.29) is 18.0 Å². The smallest absolute Gasteiger partial charge is 0.315 e. The molecule has 0 aliphatic heterocycles. The van der Waals surface area contributed by atoms with Crippen LogP contribution in [-0.4, -0.2) is 22.5 Å². The van der Waals surface area contributed by atoms with Gasteiger partial charge < -0.3 is 10.6 Å². The first-order chi connectivity index (χ1) is 10.1. The second-order valence-electron chi connectivity index (χ2n) is 4.91. The SMILES string of the molecule is CC[C@H](NC(=O)NC[C@@H](C)c1nccs1)c1nc(C)cs1. The predicted octanol–water partition coefficient (Wildman–Crippen LogP) is 3.46. The van der Waals surface area contributed by atoms with E-state index in [1.165, 1.54) is 0 Å². The molecule has 2 aromatic heterocycles. The Hall–Kier alpha value is -1.47. The van der Waals surface area contributed by atoms with Crippen molar-refractivity contribution in [3.63, 3.8) is 0 Å². The first-order valence-electron chi connectivity index (χ1n) is 6.96. The van der Waals surface area contributed by atoms with Crippen LogP contribution in [0.4, 0.5) is 4.79 Å². The molecule has 7 heteroatoms. The first kappa shape index (κ1) is 15.9. The molecule has 5 nitrogen and oxygen atoms in total. The van der Waals surface area contributed by atoms with E-state index in [0.717, 1.165) is 22.1 Å². The summed E-state index contributed by atoms with van der Waals surface area (Å²) < 4.78 is 0. The standard InChI is InChI=1S/C14H20N4OS2/c1-4-11(13-17-10(3)8-21-13)18-14(19)16-7-9(2)12-15-5-6-20-12/h5-6,8-9,11H,4,7H2,1-3H3,(H2,16,18,19)/t9-,11+/m1/s1. The fraction of sp³-hybridized carbons (Fsp3) is 0.500. The number of hydrogen-bond acceptors (Lipinski definition) is 5. The van der Waals surface area contributed by atoms with E-state index < -0.39 is 0 Å². The molecule has 0 spiro atoms. The largest absolute Gasteiger partial charge is 0.337 e. The van der Waals surface area contributed by atoms with Crippen LogP contribution in [0, 0.1) is 6.92 Å². The Morgan fingerprint density at radius 2 is 2.19 bits per heavy atom. The van der Waals surface area contributed by atoms with Gasteiger partial charge in [0, 0.05) is 35.1 Å². The van der Waals surface area contributed by atoms with Gasteiger partial charge in [-0.15, -0.1) is 22.7 Å². The Kier molecular flexibility index (Phi) is 5.69. The lowest BCUT2D eigenvalue weighted by Gasteiger charge is -2.16. The van der Waals surface area contributed by atoms with Gasteiger partial charge >= 0.3 is 6.03 Å². The molecule has 114 valence electrons. The van der Waals surface area contributed by atoms with E-state index >= 15 is 0 Å². The minimum absolute atomic E-state index is 0.0288. The van der Waals surface area contributed by atoms with Gasteiger partial charge in [-0.3, -0.25) is 0 Å². The van der Waals surface area contributed by atoms with E-state index in [9.17, 15) is 4.79 Å². The van der Waals surface area contributed by atoms with Crippen LogP contribution in [0.25, 0.3) is 0 Å². The highest BCUT2D eigenvalue weighted by Gasteiger charge is 2.16. The molecule has 0 saturated carbocycles. The van der Waals surface area contributed by atoms with Gasteiger partial charge in [0.25, 0.3) is 0 Å². The van der Waals surface area contributed by atoms with Crippen LogP contribution in [0.1, 0.15) is 47.9 Å². The lowest BCUT2D eigenvalue weighted by Crippen LogP contribution is -2.39. The Morgan fingerprint density at radius 1 is 1.38 bits per heavy atom. The van der Waals surface area contributed by atoms with Crippen molar-refractivity contribution < 1.29 is 4.79 Å². The number of rotatable bonds is 6. The maximum absolute atomic E-state index is 12.0. The molecule has 0 radical (unpaired) electrons. The number of urea groups is 1. The van der Waals surface area contributed by atoms with E-state index in [4.69, 9.17) is 0 Å². The Bertz CT molecular complexity index is 567. The van der Waals surface area contributed by atoms with Gasteiger partial charge in [0.15, 0.2) is 0 Å². The van der Waals surface area contributed by atoms with Crippen molar-refractivity contribution in [2.75, 3.05) is 6.54 Å². The zero-order valence-electron chi connectivity index (χ0n) is 12.4. The molecule has 0 aromatic carbocycles. The van der Waals surface area contributed by atoms with Crippen LogP contribution in [0.2, 0.25) is 0 Å². The summed E-state index contributed by atoms with van der Waals surface area (Å²) in [7, 11) is 0. The Labute approximate surface area is 132 Å². The minimum atomic E-state index is -0.155. The molecule has 2 N–H and O–H groups in total. The molecule has 2 rings (SSSR count). The topological polar surface area (TPSA) is 66.9 Å². The molecule has 0 saturated heterocycles. The highest BCUT2D eigenvalue weighted by atomic mass is 32.1. The molecule has 2 atom stereocenters. The number of carbonyl (C=O) groups excluding carboxylic acids is 1. The molecular weight excluding hydrogens is 304 g/mol. The normalized spacial score (nSPS) is 13.7. The number of nitrogens with zero attached hydrogens (tertiary/aromatic N) is 2. The van der Waals surface area contributed by atoms with Gasteiger partial charge in [0.05, 0.1) is 11.0 Å². The van der Waals surface area contributed by atoms with Crippen LogP contribution in [0.3, 0.4) is 0 Å². The van der Waals surface area contributed by atoms with Crippen molar-refractivity contribution in [1.29, 1.82) is 0 Å². The molecule has 21 heavy (non-hydrogen) atoms. The molecule has 2 aromatic rings. The molecule has 0 aliphatic rings. The van der Waals surface area contributed by atoms with Crippen molar-refractivity contribution >= 4 is 28.7 Å². The molecule has 0 bridgehead atoms. The molecule has 2 heterocycles. The molecular formula is C14H20N4OS2. The number of carbonyl (C=O) groups is 1. The summed E-state index contributed by atoms with van der Waals surface area (Å²) in [6.45, 7) is 6.63. The third-order valence-corrected chi connectivity index (χ3v) is 5.17. The van der Waals surface area contributed by atoms with Crippen LogP contribution in [0.5, 0.6) is 0 Å². The maximum Gasteiger partial charge on any atom is 0.315 e. The summed E-state index contributed by atoms with van der Waals surface area (Å²) in [6, 6.07) is -0.183. The van der Waals surface area contributed by atoms with Crippen LogP contribution < -0.4 is 10.6 Å². The van der Waals surface area contributed by atoms with Crippen molar-refractivity contribution in [3.8, 4) is 0 Å². The van der Waals surface area contributed by atoms with E-state index in [1.807, 2.05) is 24.6 Å². The summed E-state index contributed by atoms with van der Waals surface area (Å²) in [4.78, 5) is 20.7. The lowest BCUT2D eigenvalue weighted by atomic mass is 10.2.